The summed E-state index contributed by atoms with van der Waals surface area (Å²) in [5.41, 5.74) is 13.8. The van der Waals surface area contributed by atoms with Crippen LogP contribution in [0.5, 0.6) is 5.75 Å². The number of hydrogen-bond donors (Lipinski definition) is 2. The summed E-state index contributed by atoms with van der Waals surface area (Å²) in [6.45, 7) is 0. The lowest BCUT2D eigenvalue weighted by molar-refractivity contribution is 0.0950. The molecule has 0 saturated carbocycles. The van der Waals surface area contributed by atoms with Gasteiger partial charge in [0.05, 0.1) is 18.0 Å². The van der Waals surface area contributed by atoms with Crippen molar-refractivity contribution < 1.29 is 9.53 Å². The van der Waals surface area contributed by atoms with Crippen LogP contribution in [0, 0.1) is 0 Å². The number of anilines is 2. The summed E-state index contributed by atoms with van der Waals surface area (Å²) in [6.07, 6.45) is 0. The number of nitrogens with two attached hydrogens (primary N) is 2. The lowest BCUT2D eigenvalue weighted by atomic mass is 10.1. The monoisotopic (exact) mass is 333 g/mol. The van der Waals surface area contributed by atoms with Gasteiger partial charge in [0.2, 0.25) is 0 Å². The van der Waals surface area contributed by atoms with Gasteiger partial charge in [0.25, 0.3) is 5.91 Å². The van der Waals surface area contributed by atoms with E-state index in [4.69, 9.17) is 16.2 Å². The zero-order chi connectivity index (χ0) is 17.6. The molecule has 2 heterocycles. The molecule has 0 unspecified atom stereocenters. The number of benzene rings is 2. The van der Waals surface area contributed by atoms with Crippen molar-refractivity contribution in [1.29, 1.82) is 0 Å². The summed E-state index contributed by atoms with van der Waals surface area (Å²) in [5, 5.41) is 5.68. The summed E-state index contributed by atoms with van der Waals surface area (Å²) in [5.74, 6) is 0.585. The van der Waals surface area contributed by atoms with Gasteiger partial charge < -0.3 is 16.2 Å². The molecule has 0 fully saturated rings. The quantitative estimate of drug-likeness (QED) is 0.545. The normalized spacial score (nSPS) is 11.1. The largest absolute Gasteiger partial charge is 0.497 e. The number of ether oxygens (including phenoxy) is 1. The van der Waals surface area contributed by atoms with E-state index in [0.29, 0.717) is 33.6 Å². The van der Waals surface area contributed by atoms with Gasteiger partial charge in [-0.05, 0) is 36.4 Å². The predicted octanol–water partition coefficient (Wildman–Crippen LogP) is 2.45. The first-order valence-electron chi connectivity index (χ1n) is 7.60. The fourth-order valence-corrected chi connectivity index (χ4v) is 2.76. The molecule has 0 amide bonds. The zero-order valence-corrected chi connectivity index (χ0v) is 13.4. The molecule has 7 heteroatoms. The van der Waals surface area contributed by atoms with Gasteiger partial charge in [0.1, 0.15) is 5.75 Å². The molecule has 4 rings (SSSR count). The average molecular weight is 333 g/mol. The van der Waals surface area contributed by atoms with Crippen molar-refractivity contribution >= 4 is 39.3 Å². The summed E-state index contributed by atoms with van der Waals surface area (Å²) < 4.78 is 6.44. The van der Waals surface area contributed by atoms with Crippen LogP contribution in [0.1, 0.15) is 10.4 Å². The average Bonchev–Trinajstić information content (AvgIpc) is 2.94. The Labute approximate surface area is 142 Å². The second kappa shape index (κ2) is 5.48. The Morgan fingerprint density at radius 1 is 1.12 bits per heavy atom. The van der Waals surface area contributed by atoms with E-state index in [1.165, 1.54) is 4.68 Å². The van der Waals surface area contributed by atoms with Gasteiger partial charge in [-0.2, -0.15) is 4.68 Å². The minimum absolute atomic E-state index is 0.248. The molecule has 0 spiro atoms. The third-order valence-electron chi connectivity index (χ3n) is 4.01. The molecule has 25 heavy (non-hydrogen) atoms. The molecule has 0 atom stereocenters. The number of nitrogens with zero attached hydrogens (tertiary/aromatic N) is 3. The van der Waals surface area contributed by atoms with Crippen LogP contribution in [-0.2, 0) is 0 Å². The van der Waals surface area contributed by atoms with Crippen LogP contribution in [0.25, 0.3) is 21.9 Å². The first kappa shape index (κ1) is 14.9. The lowest BCUT2D eigenvalue weighted by Crippen LogP contribution is -2.14. The Morgan fingerprint density at radius 3 is 2.72 bits per heavy atom. The number of pyridine rings is 1. The fourth-order valence-electron chi connectivity index (χ4n) is 2.76. The van der Waals surface area contributed by atoms with E-state index in [9.17, 15) is 4.79 Å². The summed E-state index contributed by atoms with van der Waals surface area (Å²) in [6, 6.07) is 14.1. The van der Waals surface area contributed by atoms with Crippen LogP contribution in [-0.4, -0.2) is 27.8 Å². The molecule has 0 aliphatic carbocycles. The van der Waals surface area contributed by atoms with Gasteiger partial charge in [-0.1, -0.05) is 6.07 Å². The number of aromatic nitrogens is 3. The molecular weight excluding hydrogens is 318 g/mol. The summed E-state index contributed by atoms with van der Waals surface area (Å²) in [4.78, 5) is 17.4. The van der Waals surface area contributed by atoms with Crippen LogP contribution < -0.4 is 16.2 Å². The number of carbonyl (C=O) groups is 1. The van der Waals surface area contributed by atoms with Crippen LogP contribution >= 0.6 is 0 Å². The van der Waals surface area contributed by atoms with Gasteiger partial charge in [-0.25, -0.2) is 4.98 Å². The standard InChI is InChI=1S/C18H15N5O2/c1-25-13-6-5-10-8-14-16(20)22-23(17(14)21-15(10)9-13)18(24)11-3-2-4-12(19)7-11/h2-9H,19H2,1H3,(H2,20,22). The molecule has 4 N–H and O–H groups in total. The molecule has 7 nitrogen and oxygen atoms in total. The number of rotatable bonds is 2. The van der Waals surface area contributed by atoms with E-state index < -0.39 is 0 Å². The molecule has 4 aromatic rings. The minimum Gasteiger partial charge on any atom is -0.497 e. The zero-order valence-electron chi connectivity index (χ0n) is 13.4. The maximum Gasteiger partial charge on any atom is 0.280 e. The Balaban J connectivity index is 1.94. The Morgan fingerprint density at radius 2 is 1.96 bits per heavy atom. The minimum atomic E-state index is -0.344. The van der Waals surface area contributed by atoms with E-state index in [2.05, 4.69) is 10.1 Å². The molecule has 0 aliphatic rings. The maximum absolute atomic E-state index is 12.8. The third kappa shape index (κ3) is 2.42. The van der Waals surface area contributed by atoms with Crippen molar-refractivity contribution in [2.24, 2.45) is 0 Å². The van der Waals surface area contributed by atoms with E-state index in [1.54, 1.807) is 37.4 Å². The van der Waals surface area contributed by atoms with Crippen molar-refractivity contribution in [3.05, 3.63) is 54.1 Å². The molecular formula is C18H15N5O2. The molecule has 2 aromatic heterocycles. The lowest BCUT2D eigenvalue weighted by Gasteiger charge is -2.05. The van der Waals surface area contributed by atoms with Crippen molar-refractivity contribution in [3.8, 4) is 5.75 Å². The topological polar surface area (TPSA) is 109 Å². The second-order valence-electron chi connectivity index (χ2n) is 5.65. The van der Waals surface area contributed by atoms with Crippen LogP contribution in [0.15, 0.2) is 48.5 Å². The van der Waals surface area contributed by atoms with Crippen molar-refractivity contribution in [3.63, 3.8) is 0 Å². The smallest absolute Gasteiger partial charge is 0.280 e. The van der Waals surface area contributed by atoms with Gasteiger partial charge in [0.15, 0.2) is 11.5 Å². The van der Waals surface area contributed by atoms with Gasteiger partial charge in [-0.3, -0.25) is 4.79 Å². The highest BCUT2D eigenvalue weighted by Gasteiger charge is 2.18. The first-order valence-corrected chi connectivity index (χ1v) is 7.60. The van der Waals surface area contributed by atoms with E-state index >= 15 is 0 Å². The molecule has 0 saturated heterocycles. The Hall–Kier alpha value is -3.61. The fraction of sp³-hybridized carbons (Fsp3) is 0.0556. The Bertz CT molecular complexity index is 1130. The van der Waals surface area contributed by atoms with Crippen LogP contribution in [0.3, 0.4) is 0 Å². The molecule has 124 valence electrons. The second-order valence-corrected chi connectivity index (χ2v) is 5.65. The van der Waals surface area contributed by atoms with Crippen LogP contribution in [0.2, 0.25) is 0 Å². The van der Waals surface area contributed by atoms with Crippen molar-refractivity contribution in [2.75, 3.05) is 18.6 Å². The Kier molecular flexibility index (Phi) is 3.28. The first-order chi connectivity index (χ1) is 12.1. The summed E-state index contributed by atoms with van der Waals surface area (Å²) >= 11 is 0. The maximum atomic E-state index is 12.8. The van der Waals surface area contributed by atoms with E-state index in [0.717, 1.165) is 5.39 Å². The molecule has 0 bridgehead atoms. The van der Waals surface area contributed by atoms with Gasteiger partial charge in [0, 0.05) is 22.7 Å². The van der Waals surface area contributed by atoms with Crippen LogP contribution in [0.4, 0.5) is 11.5 Å². The highest BCUT2D eigenvalue weighted by atomic mass is 16.5. The summed E-state index contributed by atoms with van der Waals surface area (Å²) in [7, 11) is 1.59. The SMILES string of the molecule is COc1ccc2cc3c(N)nn(C(=O)c4cccc(N)c4)c3nc2c1. The predicted molar refractivity (Wildman–Crippen MR) is 96.6 cm³/mol. The molecule has 0 radical (unpaired) electrons. The highest BCUT2D eigenvalue weighted by Crippen LogP contribution is 2.27. The van der Waals surface area contributed by atoms with E-state index in [1.807, 2.05) is 18.2 Å². The van der Waals surface area contributed by atoms with E-state index in [-0.39, 0.29) is 11.7 Å². The number of fused-ring (bicyclic) bond motifs is 2. The van der Waals surface area contributed by atoms with Crippen molar-refractivity contribution in [2.45, 2.75) is 0 Å². The molecule has 0 aliphatic heterocycles. The highest BCUT2D eigenvalue weighted by molar-refractivity contribution is 6.05. The van der Waals surface area contributed by atoms with Crippen molar-refractivity contribution in [1.82, 2.24) is 14.8 Å². The van der Waals surface area contributed by atoms with Gasteiger partial charge in [-0.15, -0.1) is 5.10 Å². The number of hydrogen-bond acceptors (Lipinski definition) is 6. The third-order valence-corrected chi connectivity index (χ3v) is 4.01. The molecule has 2 aromatic carbocycles. The number of nitrogen functional groups attached to an aromatic ring is 2. The number of carbonyl (C=O) groups excluding carboxylic acids is 1. The number of methoxy groups -OCH3 is 1. The van der Waals surface area contributed by atoms with Gasteiger partial charge >= 0.3 is 0 Å².